The zero-order valence-corrected chi connectivity index (χ0v) is 21.0. The van der Waals surface area contributed by atoms with Gasteiger partial charge < -0.3 is 25.8 Å². The number of hydrogen-bond donors (Lipinski definition) is 5. The van der Waals surface area contributed by atoms with E-state index in [0.717, 1.165) is 18.8 Å². The molecule has 1 amide bonds. The first-order chi connectivity index (χ1) is 17.8. The number of carbonyl (C=O) groups is 2. The topological polar surface area (TPSA) is 158 Å². The van der Waals surface area contributed by atoms with Crippen molar-refractivity contribution in [3.63, 3.8) is 0 Å². The number of amides is 1. The molecule has 198 valence electrons. The molecule has 2 aromatic carbocycles. The van der Waals surface area contributed by atoms with Gasteiger partial charge in [-0.25, -0.2) is 13.4 Å². The van der Waals surface area contributed by atoms with Crippen molar-refractivity contribution >= 4 is 27.9 Å². The van der Waals surface area contributed by atoms with Crippen molar-refractivity contribution in [1.29, 1.82) is 0 Å². The fraction of sp³-hybridized carbons (Fsp3) is 0.400. The standard InChI is InChI=1S/C25H31N5O6S/c31-23(27-16-22(24(32)33)30-37(34,35)19-6-2-1-3-7-19)17-10-12-18(13-11-17)36-15-14-26-25-28-20-8-4-5-9-21(20)29-25/h1-3,6-7,10-13,20-22,30H,4-5,8-9,14-16H2,(H,27,31)(H,32,33)(H2,26,28,29)/t20-,21+,22-/m0/s1. The molecule has 1 aliphatic carbocycles. The molecule has 0 spiro atoms. The van der Waals surface area contributed by atoms with Crippen LogP contribution in [-0.4, -0.2) is 69.2 Å². The third-order valence-corrected chi connectivity index (χ3v) is 7.76. The van der Waals surface area contributed by atoms with E-state index >= 15 is 0 Å². The van der Waals surface area contributed by atoms with Crippen LogP contribution in [0.25, 0.3) is 0 Å². The van der Waals surface area contributed by atoms with E-state index in [1.54, 1.807) is 30.3 Å². The van der Waals surface area contributed by atoms with E-state index in [0.29, 0.717) is 31.0 Å². The first kappa shape index (κ1) is 26.4. The lowest BCUT2D eigenvalue weighted by Crippen LogP contribution is -2.48. The number of hydrogen-bond acceptors (Lipinski definition) is 6. The minimum atomic E-state index is -4.06. The van der Waals surface area contributed by atoms with Gasteiger partial charge in [0.15, 0.2) is 5.96 Å². The van der Waals surface area contributed by atoms with Crippen LogP contribution in [0.2, 0.25) is 0 Å². The van der Waals surface area contributed by atoms with Crippen molar-refractivity contribution in [2.75, 3.05) is 19.7 Å². The zero-order chi connectivity index (χ0) is 26.3. The van der Waals surface area contributed by atoms with E-state index in [2.05, 4.69) is 25.7 Å². The monoisotopic (exact) mass is 529 g/mol. The van der Waals surface area contributed by atoms with Gasteiger partial charge in [-0.2, -0.15) is 4.72 Å². The average Bonchev–Trinajstić information content (AvgIpc) is 3.32. The molecule has 3 atom stereocenters. The number of fused-ring (bicyclic) bond motifs is 1. The van der Waals surface area contributed by atoms with Gasteiger partial charge in [0.05, 0.1) is 11.4 Å². The Bertz CT molecular complexity index is 1200. The lowest BCUT2D eigenvalue weighted by atomic mass is 9.92. The van der Waals surface area contributed by atoms with Crippen molar-refractivity contribution in [3.8, 4) is 5.75 Å². The molecule has 1 saturated carbocycles. The highest BCUT2D eigenvalue weighted by Gasteiger charge is 2.32. The number of aliphatic imine (C=N–C) groups is 1. The molecule has 5 N–H and O–H groups in total. The van der Waals surface area contributed by atoms with E-state index in [9.17, 15) is 23.1 Å². The number of guanidine groups is 1. The van der Waals surface area contributed by atoms with E-state index in [1.165, 1.54) is 37.1 Å². The molecular formula is C25H31N5O6S. The summed E-state index contributed by atoms with van der Waals surface area (Å²) in [4.78, 5) is 28.5. The van der Waals surface area contributed by atoms with E-state index in [1.807, 2.05) is 0 Å². The summed E-state index contributed by atoms with van der Waals surface area (Å²) in [5.74, 6) is -0.563. The lowest BCUT2D eigenvalue weighted by molar-refractivity contribution is -0.138. The molecule has 0 bridgehead atoms. The number of carboxylic acids is 1. The number of aliphatic carboxylic acids is 1. The number of benzene rings is 2. The van der Waals surface area contributed by atoms with Crippen LogP contribution < -0.4 is 25.4 Å². The number of carboxylic acid groups (broad SMARTS) is 1. The smallest absolute Gasteiger partial charge is 0.323 e. The fourth-order valence-corrected chi connectivity index (χ4v) is 5.53. The highest BCUT2D eigenvalue weighted by Crippen LogP contribution is 2.21. The summed E-state index contributed by atoms with van der Waals surface area (Å²) in [7, 11) is -4.06. The molecule has 1 saturated heterocycles. The third-order valence-electron chi connectivity index (χ3n) is 6.27. The Morgan fingerprint density at radius 1 is 1.03 bits per heavy atom. The lowest BCUT2D eigenvalue weighted by Gasteiger charge is -2.23. The molecule has 0 aromatic heterocycles. The molecule has 1 aliphatic heterocycles. The van der Waals surface area contributed by atoms with Crippen LogP contribution in [0, 0.1) is 0 Å². The SMILES string of the molecule is O=C(NC[C@H](NS(=O)(=O)c1ccccc1)C(=O)O)c1ccc(OCCN=C2N[C@H]3CCCC[C@H]3N2)cc1. The summed E-state index contributed by atoms with van der Waals surface area (Å²) >= 11 is 0. The Hall–Kier alpha value is -3.64. The van der Waals surface area contributed by atoms with Gasteiger partial charge in [-0.1, -0.05) is 31.0 Å². The van der Waals surface area contributed by atoms with Crippen LogP contribution >= 0.6 is 0 Å². The van der Waals surface area contributed by atoms with Crippen LogP contribution in [0.5, 0.6) is 5.75 Å². The van der Waals surface area contributed by atoms with E-state index in [4.69, 9.17) is 4.74 Å². The normalized spacial score (nSPS) is 20.8. The maximum Gasteiger partial charge on any atom is 0.323 e. The fourth-order valence-electron chi connectivity index (χ4n) is 4.32. The second-order valence-corrected chi connectivity index (χ2v) is 10.6. The number of ether oxygens (including phenoxy) is 1. The highest BCUT2D eigenvalue weighted by molar-refractivity contribution is 7.89. The molecule has 37 heavy (non-hydrogen) atoms. The average molecular weight is 530 g/mol. The van der Waals surface area contributed by atoms with Gasteiger partial charge in [0, 0.05) is 24.2 Å². The number of nitrogens with zero attached hydrogens (tertiary/aromatic N) is 1. The first-order valence-electron chi connectivity index (χ1n) is 12.2. The molecule has 4 rings (SSSR count). The molecule has 12 heteroatoms. The molecule has 0 unspecified atom stereocenters. The second-order valence-electron chi connectivity index (χ2n) is 8.92. The maximum absolute atomic E-state index is 12.5. The quantitative estimate of drug-likeness (QED) is 0.271. The predicted octanol–water partition coefficient (Wildman–Crippen LogP) is 1.09. The van der Waals surface area contributed by atoms with Gasteiger partial charge in [-0.05, 0) is 49.2 Å². The molecule has 2 fully saturated rings. The van der Waals surface area contributed by atoms with Crippen LogP contribution in [0.1, 0.15) is 36.0 Å². The third kappa shape index (κ3) is 7.20. The maximum atomic E-state index is 12.5. The Morgan fingerprint density at radius 2 is 1.68 bits per heavy atom. The highest BCUT2D eigenvalue weighted by atomic mass is 32.2. The summed E-state index contributed by atoms with van der Waals surface area (Å²) in [6.45, 7) is 0.421. The molecular weight excluding hydrogens is 498 g/mol. The first-order valence-corrected chi connectivity index (χ1v) is 13.7. The van der Waals surface area contributed by atoms with E-state index < -0.39 is 34.5 Å². The summed E-state index contributed by atoms with van der Waals surface area (Å²) in [6, 6.07) is 13.2. The number of carbonyl (C=O) groups excluding carboxylic acids is 1. The van der Waals surface area contributed by atoms with Gasteiger partial charge in [0.1, 0.15) is 18.4 Å². The van der Waals surface area contributed by atoms with Crippen LogP contribution in [0.4, 0.5) is 0 Å². The molecule has 0 radical (unpaired) electrons. The van der Waals surface area contributed by atoms with Crippen molar-refractivity contribution in [3.05, 3.63) is 60.2 Å². The van der Waals surface area contributed by atoms with Crippen LogP contribution in [0.3, 0.4) is 0 Å². The minimum Gasteiger partial charge on any atom is -0.492 e. The Morgan fingerprint density at radius 3 is 2.30 bits per heavy atom. The van der Waals surface area contributed by atoms with E-state index in [-0.39, 0.29) is 10.5 Å². The molecule has 2 aliphatic rings. The molecule has 1 heterocycles. The van der Waals surface area contributed by atoms with Crippen molar-refractivity contribution in [2.45, 2.75) is 48.7 Å². The minimum absolute atomic E-state index is 0.0664. The zero-order valence-electron chi connectivity index (χ0n) is 20.2. The van der Waals surface area contributed by atoms with Crippen LogP contribution in [0.15, 0.2) is 64.5 Å². The largest absolute Gasteiger partial charge is 0.492 e. The molecule has 11 nitrogen and oxygen atoms in total. The summed E-state index contributed by atoms with van der Waals surface area (Å²) in [5.41, 5.74) is 0.282. The van der Waals surface area contributed by atoms with Gasteiger partial charge in [-0.15, -0.1) is 0 Å². The van der Waals surface area contributed by atoms with Crippen molar-refractivity contribution in [2.24, 2.45) is 4.99 Å². The Balaban J connectivity index is 1.23. The number of sulfonamides is 1. The summed E-state index contributed by atoms with van der Waals surface area (Å²) in [6.07, 6.45) is 4.81. The predicted molar refractivity (Wildman–Crippen MR) is 137 cm³/mol. The Labute approximate surface area is 215 Å². The van der Waals surface area contributed by atoms with Crippen LogP contribution in [-0.2, 0) is 14.8 Å². The molecule has 2 aromatic rings. The summed E-state index contributed by atoms with van der Waals surface area (Å²) in [5, 5.41) is 18.7. The van der Waals surface area contributed by atoms with Crippen molar-refractivity contribution in [1.82, 2.24) is 20.7 Å². The van der Waals surface area contributed by atoms with Gasteiger partial charge in [0.25, 0.3) is 5.91 Å². The number of nitrogens with one attached hydrogen (secondary N) is 4. The summed E-state index contributed by atoms with van der Waals surface area (Å²) < 4.78 is 32.7. The van der Waals surface area contributed by atoms with Crippen molar-refractivity contribution < 1.29 is 27.9 Å². The Kier molecular flexibility index (Phi) is 8.62. The van der Waals surface area contributed by atoms with Gasteiger partial charge >= 0.3 is 5.97 Å². The second kappa shape index (κ2) is 12.1. The number of rotatable bonds is 11. The van der Waals surface area contributed by atoms with Gasteiger partial charge in [0.2, 0.25) is 10.0 Å². The van der Waals surface area contributed by atoms with Gasteiger partial charge in [-0.3, -0.25) is 9.59 Å².